The zero-order valence-electron chi connectivity index (χ0n) is 17.6. The van der Waals surface area contributed by atoms with Crippen LogP contribution in [-0.2, 0) is 0 Å². The van der Waals surface area contributed by atoms with Gasteiger partial charge >= 0.3 is 0 Å². The quantitative estimate of drug-likeness (QED) is 0.528. The van der Waals surface area contributed by atoms with Gasteiger partial charge in [0.15, 0.2) is 5.16 Å². The van der Waals surface area contributed by atoms with Crippen LogP contribution in [0.1, 0.15) is 40.5 Å². The van der Waals surface area contributed by atoms with Gasteiger partial charge in [-0.05, 0) is 38.8 Å². The fourth-order valence-electron chi connectivity index (χ4n) is 3.60. The highest BCUT2D eigenvalue weighted by atomic mass is 35.5. The molecule has 3 rings (SSSR count). The highest BCUT2D eigenvalue weighted by molar-refractivity contribution is 7.99. The second kappa shape index (κ2) is 11.3. The topological polar surface area (TPSA) is 55.4 Å². The second-order valence-electron chi connectivity index (χ2n) is 7.99. The van der Waals surface area contributed by atoms with E-state index in [1.165, 1.54) is 0 Å². The van der Waals surface area contributed by atoms with Crippen LogP contribution in [-0.4, -0.2) is 63.5 Å². The Morgan fingerprint density at radius 3 is 2.34 bits per heavy atom. The molecule has 1 fully saturated rings. The lowest BCUT2D eigenvalue weighted by molar-refractivity contribution is 0.0345. The summed E-state index contributed by atoms with van der Waals surface area (Å²) < 4.78 is 0. The molecule has 1 saturated heterocycles. The molecule has 0 saturated carbocycles. The summed E-state index contributed by atoms with van der Waals surface area (Å²) in [4.78, 5) is 12.8. The number of hydrogen-bond acceptors (Lipinski definition) is 5. The number of β-amino-alcohol motifs (C(OH)–C–C–N with tert-alkyl or cyclic N) is 1. The number of aromatic amines is 1. The zero-order chi connectivity index (χ0) is 19.6. The van der Waals surface area contributed by atoms with Crippen LogP contribution >= 0.6 is 48.2 Å². The van der Waals surface area contributed by atoms with Gasteiger partial charge in [0.1, 0.15) is 0 Å². The zero-order valence-corrected chi connectivity index (χ0v) is 20.8. The molecule has 0 unspecified atom stereocenters. The molecule has 0 atom stereocenters. The molecule has 0 radical (unpaired) electrons. The molecule has 9 heteroatoms. The molecule has 29 heavy (non-hydrogen) atoms. The largest absolute Gasteiger partial charge is 0.389 e. The minimum Gasteiger partial charge on any atom is -0.389 e. The lowest BCUT2D eigenvalue weighted by Gasteiger charge is -2.38. The monoisotopic (exact) mass is 482 g/mol. The lowest BCUT2D eigenvalue weighted by Crippen LogP contribution is -2.50. The summed E-state index contributed by atoms with van der Waals surface area (Å²) in [5, 5.41) is 12.3. The van der Waals surface area contributed by atoms with E-state index in [2.05, 4.69) is 34.7 Å². The minimum absolute atomic E-state index is 0. The van der Waals surface area contributed by atoms with Gasteiger partial charge in [0.25, 0.3) is 0 Å². The predicted octanol–water partition coefficient (Wildman–Crippen LogP) is 5.23. The summed E-state index contributed by atoms with van der Waals surface area (Å²) >= 11 is 8.41. The fourth-order valence-corrected chi connectivity index (χ4v) is 4.85. The number of H-pyrrole nitrogens is 1. The third kappa shape index (κ3) is 7.08. The molecule has 0 spiro atoms. The summed E-state index contributed by atoms with van der Waals surface area (Å²) in [5.41, 5.74) is 2.38. The molecule has 166 valence electrons. The Hall–Kier alpha value is -0.370. The number of imidazole rings is 1. The van der Waals surface area contributed by atoms with Crippen molar-refractivity contribution in [3.05, 3.63) is 17.2 Å². The maximum absolute atomic E-state index is 10.0. The van der Waals surface area contributed by atoms with Crippen LogP contribution in [0.15, 0.2) is 17.3 Å². The van der Waals surface area contributed by atoms with E-state index < -0.39 is 5.60 Å². The van der Waals surface area contributed by atoms with Gasteiger partial charge in [-0.1, -0.05) is 37.2 Å². The second-order valence-corrected chi connectivity index (χ2v) is 9.69. The number of nitrogens with zero attached hydrogens (tertiary/aromatic N) is 3. The lowest BCUT2D eigenvalue weighted by atomic mass is 10.1. The molecular weight excluding hydrogens is 451 g/mol. The third-order valence-electron chi connectivity index (χ3n) is 5.04. The van der Waals surface area contributed by atoms with Crippen molar-refractivity contribution in [1.82, 2.24) is 14.9 Å². The van der Waals surface area contributed by atoms with Crippen molar-refractivity contribution >= 4 is 64.9 Å². The average molecular weight is 484 g/mol. The molecule has 1 aromatic carbocycles. The van der Waals surface area contributed by atoms with Crippen LogP contribution < -0.4 is 4.90 Å². The van der Waals surface area contributed by atoms with Crippen molar-refractivity contribution in [2.24, 2.45) is 0 Å². The molecule has 1 aliphatic rings. The number of hydrogen-bond donors (Lipinski definition) is 2. The molecule has 1 aliphatic heterocycles. The number of piperazine rings is 1. The first-order valence-corrected chi connectivity index (χ1v) is 11.1. The minimum atomic E-state index is -0.655. The summed E-state index contributed by atoms with van der Waals surface area (Å²) in [7, 11) is 0. The number of rotatable bonds is 7. The molecular formula is C20H33Cl3N4OS. The van der Waals surface area contributed by atoms with Gasteiger partial charge < -0.3 is 15.0 Å². The number of aromatic nitrogens is 2. The van der Waals surface area contributed by atoms with Crippen molar-refractivity contribution in [2.75, 3.05) is 37.6 Å². The van der Waals surface area contributed by atoms with E-state index >= 15 is 0 Å². The Kier molecular flexibility index (Phi) is 10.4. The van der Waals surface area contributed by atoms with Crippen LogP contribution in [0.25, 0.3) is 11.0 Å². The fraction of sp³-hybridized carbons (Fsp3) is 0.650. The molecule has 0 amide bonds. The maximum atomic E-state index is 10.0. The SMILES string of the molecule is CCC(CC)Sc1nc2cc(Cl)c(N3CCN(CC(C)(C)O)CC3)cc2[nH]1.Cl.Cl. The molecule has 2 heterocycles. The van der Waals surface area contributed by atoms with Crippen LogP contribution in [0, 0.1) is 0 Å². The number of benzene rings is 1. The van der Waals surface area contributed by atoms with Crippen LogP contribution in [0.3, 0.4) is 0 Å². The highest BCUT2D eigenvalue weighted by Crippen LogP contribution is 2.33. The van der Waals surface area contributed by atoms with Crippen molar-refractivity contribution in [1.29, 1.82) is 0 Å². The van der Waals surface area contributed by atoms with E-state index in [-0.39, 0.29) is 24.8 Å². The number of thioether (sulfide) groups is 1. The number of fused-ring (bicyclic) bond motifs is 1. The van der Waals surface area contributed by atoms with Crippen molar-refractivity contribution in [3.63, 3.8) is 0 Å². The van der Waals surface area contributed by atoms with E-state index in [0.717, 1.165) is 65.9 Å². The van der Waals surface area contributed by atoms with Crippen LogP contribution in [0.5, 0.6) is 0 Å². The predicted molar refractivity (Wildman–Crippen MR) is 131 cm³/mol. The first-order valence-electron chi connectivity index (χ1n) is 9.84. The molecule has 2 aromatic rings. The van der Waals surface area contributed by atoms with Crippen molar-refractivity contribution in [2.45, 2.75) is 56.5 Å². The number of anilines is 1. The van der Waals surface area contributed by atoms with Gasteiger partial charge in [0.2, 0.25) is 0 Å². The smallest absolute Gasteiger partial charge is 0.166 e. The normalized spacial score (nSPS) is 15.5. The van der Waals surface area contributed by atoms with Gasteiger partial charge in [0.05, 0.1) is 27.3 Å². The van der Waals surface area contributed by atoms with E-state index in [1.54, 1.807) is 0 Å². The molecule has 0 aliphatic carbocycles. The van der Waals surface area contributed by atoms with Crippen molar-refractivity contribution in [3.8, 4) is 0 Å². The third-order valence-corrected chi connectivity index (χ3v) is 6.76. The number of nitrogens with one attached hydrogen (secondary N) is 1. The van der Waals surface area contributed by atoms with Gasteiger partial charge in [-0.3, -0.25) is 4.90 Å². The highest BCUT2D eigenvalue weighted by Gasteiger charge is 2.24. The Balaban J connectivity index is 0.00000210. The molecule has 1 aromatic heterocycles. The van der Waals surface area contributed by atoms with Gasteiger partial charge in [-0.25, -0.2) is 4.98 Å². The molecule has 0 bridgehead atoms. The summed E-state index contributed by atoms with van der Waals surface area (Å²) in [6, 6.07) is 4.11. The first kappa shape index (κ1) is 26.7. The Morgan fingerprint density at radius 1 is 1.17 bits per heavy atom. The Labute approximate surface area is 195 Å². The van der Waals surface area contributed by atoms with Gasteiger partial charge in [-0.15, -0.1) is 24.8 Å². The molecule has 2 N–H and O–H groups in total. The van der Waals surface area contributed by atoms with E-state index in [4.69, 9.17) is 16.6 Å². The van der Waals surface area contributed by atoms with Gasteiger partial charge in [-0.2, -0.15) is 0 Å². The first-order chi connectivity index (χ1) is 12.8. The van der Waals surface area contributed by atoms with Gasteiger partial charge in [0, 0.05) is 38.0 Å². The average Bonchev–Trinajstić information content (AvgIpc) is 2.99. The number of aliphatic hydroxyl groups is 1. The Morgan fingerprint density at radius 2 is 1.79 bits per heavy atom. The standard InChI is InChI=1S/C20H31ClN4OS.2ClH/c1-5-14(6-2)27-19-22-16-11-15(21)18(12-17(16)23-19)25-9-7-24(8-10-25)13-20(3,4)26;;/h11-12,14,26H,5-10,13H2,1-4H3,(H,22,23);2*1H. The van der Waals surface area contributed by atoms with Crippen molar-refractivity contribution < 1.29 is 5.11 Å². The Bertz CT molecular complexity index is 769. The van der Waals surface area contributed by atoms with E-state index in [0.29, 0.717) is 11.8 Å². The number of halogens is 3. The van der Waals surface area contributed by atoms with Crippen LogP contribution in [0.4, 0.5) is 5.69 Å². The summed E-state index contributed by atoms with van der Waals surface area (Å²) in [5.74, 6) is 0. The maximum Gasteiger partial charge on any atom is 0.166 e. The van der Waals surface area contributed by atoms with E-state index in [9.17, 15) is 5.11 Å². The van der Waals surface area contributed by atoms with E-state index in [1.807, 2.05) is 31.7 Å². The summed E-state index contributed by atoms with van der Waals surface area (Å²) in [6.07, 6.45) is 2.28. The molecule has 5 nitrogen and oxygen atoms in total. The van der Waals surface area contributed by atoms with Crippen LogP contribution in [0.2, 0.25) is 5.02 Å². The summed E-state index contributed by atoms with van der Waals surface area (Å²) in [6.45, 7) is 12.5.